The first kappa shape index (κ1) is 17.1. The molecule has 3 rings (SSSR count). The number of urea groups is 1. The van der Waals surface area contributed by atoms with E-state index in [2.05, 4.69) is 20.8 Å². The van der Waals surface area contributed by atoms with Gasteiger partial charge in [0.1, 0.15) is 6.61 Å². The predicted octanol–water partition coefficient (Wildman–Crippen LogP) is 1.87. The topological polar surface area (TPSA) is 98.5 Å². The Bertz CT molecular complexity index is 716. The van der Waals surface area contributed by atoms with E-state index in [-0.39, 0.29) is 18.1 Å². The molecule has 2 aromatic rings. The number of benzene rings is 1. The molecular weight excluding hydrogens is 324 g/mol. The molecule has 134 valence electrons. The van der Waals surface area contributed by atoms with E-state index >= 15 is 0 Å². The van der Waals surface area contributed by atoms with Crippen molar-refractivity contribution >= 4 is 6.03 Å². The molecule has 1 aromatic heterocycles. The Morgan fingerprint density at radius 3 is 2.84 bits per heavy atom. The van der Waals surface area contributed by atoms with Gasteiger partial charge in [0.05, 0.1) is 6.54 Å². The molecule has 0 aliphatic carbocycles. The number of hydrogen-bond acceptors (Lipinski definition) is 6. The highest BCUT2D eigenvalue weighted by Gasteiger charge is 2.21. The summed E-state index contributed by atoms with van der Waals surface area (Å²) in [6.07, 6.45) is 0.272. The van der Waals surface area contributed by atoms with Crippen LogP contribution in [0.2, 0.25) is 0 Å². The van der Waals surface area contributed by atoms with Crippen molar-refractivity contribution in [3.05, 3.63) is 36.0 Å². The molecule has 1 aliphatic rings. The number of amides is 2. The highest BCUT2D eigenvalue weighted by Crippen LogP contribution is 2.30. The van der Waals surface area contributed by atoms with E-state index < -0.39 is 0 Å². The van der Waals surface area contributed by atoms with Gasteiger partial charge >= 0.3 is 6.03 Å². The average Bonchev–Trinajstić information content (AvgIpc) is 3.09. The number of ether oxygens (including phenoxy) is 2. The van der Waals surface area contributed by atoms with Crippen molar-refractivity contribution < 1.29 is 18.8 Å². The largest absolute Gasteiger partial charge is 0.486 e. The summed E-state index contributed by atoms with van der Waals surface area (Å²) in [5.41, 5.74) is 0. The Morgan fingerprint density at radius 2 is 2.08 bits per heavy atom. The number of para-hydroxylation sites is 2. The summed E-state index contributed by atoms with van der Waals surface area (Å²) in [6, 6.07) is 7.20. The third-order valence-electron chi connectivity index (χ3n) is 3.68. The highest BCUT2D eigenvalue weighted by molar-refractivity contribution is 5.73. The van der Waals surface area contributed by atoms with Gasteiger partial charge in [0.2, 0.25) is 5.89 Å². The molecule has 8 heteroatoms. The molecule has 0 bridgehead atoms. The van der Waals surface area contributed by atoms with Crippen molar-refractivity contribution in [2.75, 3.05) is 19.7 Å². The van der Waals surface area contributed by atoms with Crippen molar-refractivity contribution in [2.24, 2.45) is 0 Å². The molecule has 0 spiro atoms. The number of rotatable bonds is 6. The third kappa shape index (κ3) is 4.62. The van der Waals surface area contributed by atoms with Crippen molar-refractivity contribution in [3.63, 3.8) is 0 Å². The highest BCUT2D eigenvalue weighted by atomic mass is 16.6. The number of hydrogen-bond donors (Lipinski definition) is 2. The van der Waals surface area contributed by atoms with Crippen molar-refractivity contribution in [2.45, 2.75) is 32.3 Å². The summed E-state index contributed by atoms with van der Waals surface area (Å²) in [5.74, 6) is 2.83. The lowest BCUT2D eigenvalue weighted by molar-refractivity contribution is 0.0918. The molecule has 1 atom stereocenters. The van der Waals surface area contributed by atoms with Gasteiger partial charge in [-0.3, -0.25) is 0 Å². The summed E-state index contributed by atoms with van der Waals surface area (Å²) in [4.78, 5) is 16.1. The average molecular weight is 346 g/mol. The van der Waals surface area contributed by atoms with E-state index in [4.69, 9.17) is 14.0 Å². The van der Waals surface area contributed by atoms with Gasteiger partial charge < -0.3 is 24.6 Å². The summed E-state index contributed by atoms with van der Waals surface area (Å²) in [7, 11) is 0. The predicted molar refractivity (Wildman–Crippen MR) is 89.8 cm³/mol. The maximum atomic E-state index is 11.8. The molecule has 1 aromatic carbocycles. The van der Waals surface area contributed by atoms with Crippen molar-refractivity contribution in [1.82, 2.24) is 20.8 Å². The molecule has 0 radical (unpaired) electrons. The van der Waals surface area contributed by atoms with Crippen LogP contribution in [0.25, 0.3) is 0 Å². The Hall–Kier alpha value is -2.77. The fourth-order valence-electron chi connectivity index (χ4n) is 2.32. The second-order valence-corrected chi connectivity index (χ2v) is 6.09. The molecule has 2 heterocycles. The summed E-state index contributed by atoms with van der Waals surface area (Å²) >= 11 is 0. The Kier molecular flexibility index (Phi) is 5.37. The van der Waals surface area contributed by atoms with E-state index in [1.807, 2.05) is 38.1 Å². The Morgan fingerprint density at radius 1 is 1.28 bits per heavy atom. The van der Waals surface area contributed by atoms with Gasteiger partial charge in [-0.15, -0.1) is 0 Å². The van der Waals surface area contributed by atoms with Crippen LogP contribution in [-0.2, 0) is 6.42 Å². The van der Waals surface area contributed by atoms with E-state index in [1.54, 1.807) is 0 Å². The third-order valence-corrected chi connectivity index (χ3v) is 3.68. The molecule has 8 nitrogen and oxygen atoms in total. The lowest BCUT2D eigenvalue weighted by Gasteiger charge is -2.26. The molecule has 25 heavy (non-hydrogen) atoms. The number of fused-ring (bicyclic) bond motifs is 1. The first-order chi connectivity index (χ1) is 12.1. The molecule has 0 fully saturated rings. The monoisotopic (exact) mass is 346 g/mol. The van der Waals surface area contributed by atoms with Crippen LogP contribution in [0.1, 0.15) is 31.5 Å². The van der Waals surface area contributed by atoms with Crippen LogP contribution in [0.3, 0.4) is 0 Å². The second kappa shape index (κ2) is 7.87. The van der Waals surface area contributed by atoms with Crippen molar-refractivity contribution in [1.29, 1.82) is 0 Å². The van der Waals surface area contributed by atoms with Crippen LogP contribution in [0, 0.1) is 0 Å². The first-order valence-corrected chi connectivity index (χ1v) is 8.34. The van der Waals surface area contributed by atoms with Gasteiger partial charge in [0.15, 0.2) is 23.4 Å². The standard InChI is InChI=1S/C17H22N4O4/c1-11(2)16-20-15(25-21-16)7-8-18-17(22)19-9-12-10-23-13-5-3-4-6-14(13)24-12/h3-6,11-12H,7-10H2,1-2H3,(H2,18,19,22)/t12-/m0/s1. The minimum absolute atomic E-state index is 0.217. The molecule has 1 aliphatic heterocycles. The smallest absolute Gasteiger partial charge is 0.314 e. The summed E-state index contributed by atoms with van der Waals surface area (Å²) in [6.45, 7) is 5.16. The Balaban J connectivity index is 1.36. The quantitative estimate of drug-likeness (QED) is 0.828. The van der Waals surface area contributed by atoms with Crippen LogP contribution in [0.5, 0.6) is 11.5 Å². The van der Waals surface area contributed by atoms with E-state index in [9.17, 15) is 4.79 Å². The second-order valence-electron chi connectivity index (χ2n) is 6.09. The number of carbonyl (C=O) groups excluding carboxylic acids is 1. The lowest BCUT2D eigenvalue weighted by atomic mass is 10.2. The van der Waals surface area contributed by atoms with Gasteiger partial charge in [-0.2, -0.15) is 4.98 Å². The maximum Gasteiger partial charge on any atom is 0.314 e. The minimum atomic E-state index is -0.272. The fourth-order valence-corrected chi connectivity index (χ4v) is 2.32. The molecule has 0 saturated carbocycles. The number of nitrogens with one attached hydrogen (secondary N) is 2. The van der Waals surface area contributed by atoms with E-state index in [0.717, 1.165) is 5.75 Å². The van der Waals surface area contributed by atoms with Crippen LogP contribution in [0.4, 0.5) is 4.79 Å². The summed E-state index contributed by atoms with van der Waals surface area (Å²) < 4.78 is 16.5. The zero-order valence-corrected chi connectivity index (χ0v) is 14.3. The van der Waals surface area contributed by atoms with Crippen molar-refractivity contribution in [3.8, 4) is 11.5 Å². The number of nitrogens with zero attached hydrogens (tertiary/aromatic N) is 2. The van der Waals surface area contributed by atoms with E-state index in [0.29, 0.717) is 43.6 Å². The Labute approximate surface area is 145 Å². The van der Waals surface area contributed by atoms with Gasteiger partial charge in [-0.05, 0) is 12.1 Å². The van der Waals surface area contributed by atoms with Gasteiger partial charge in [-0.1, -0.05) is 31.1 Å². The van der Waals surface area contributed by atoms with Gasteiger partial charge in [0.25, 0.3) is 0 Å². The zero-order valence-electron chi connectivity index (χ0n) is 14.3. The van der Waals surface area contributed by atoms with Crippen LogP contribution < -0.4 is 20.1 Å². The van der Waals surface area contributed by atoms with Crippen LogP contribution in [-0.4, -0.2) is 42.0 Å². The molecule has 2 amide bonds. The molecule has 0 unspecified atom stereocenters. The van der Waals surface area contributed by atoms with Gasteiger partial charge in [0, 0.05) is 18.9 Å². The zero-order chi connectivity index (χ0) is 17.6. The number of aromatic nitrogens is 2. The normalized spacial score (nSPS) is 15.9. The van der Waals surface area contributed by atoms with Gasteiger partial charge in [-0.25, -0.2) is 4.79 Å². The lowest BCUT2D eigenvalue weighted by Crippen LogP contribution is -2.44. The first-order valence-electron chi connectivity index (χ1n) is 8.34. The molecule has 0 saturated heterocycles. The fraction of sp³-hybridized carbons (Fsp3) is 0.471. The SMILES string of the molecule is CC(C)c1noc(CCNC(=O)NC[C@H]2COc3ccccc3O2)n1. The van der Waals surface area contributed by atoms with Crippen LogP contribution in [0.15, 0.2) is 28.8 Å². The minimum Gasteiger partial charge on any atom is -0.486 e. The van der Waals surface area contributed by atoms with E-state index in [1.165, 1.54) is 0 Å². The molecule has 2 N–H and O–H groups in total. The van der Waals surface area contributed by atoms with Crippen LogP contribution >= 0.6 is 0 Å². The molecular formula is C17H22N4O4. The maximum absolute atomic E-state index is 11.8. The summed E-state index contributed by atoms with van der Waals surface area (Å²) in [5, 5.41) is 9.41. The number of carbonyl (C=O) groups is 1.